The topological polar surface area (TPSA) is 98.0 Å². The summed E-state index contributed by atoms with van der Waals surface area (Å²) < 4.78 is 39.9. The summed E-state index contributed by atoms with van der Waals surface area (Å²) in [6.07, 6.45) is -4.00. The van der Waals surface area contributed by atoms with Crippen LogP contribution in [-0.4, -0.2) is 21.8 Å². The van der Waals surface area contributed by atoms with E-state index in [0.717, 1.165) is 0 Å². The van der Waals surface area contributed by atoms with Crippen molar-refractivity contribution in [2.45, 2.75) is 32.4 Å². The Morgan fingerprint density at radius 1 is 1.19 bits per heavy atom. The standard InChI is InChI=1S/C18H17F3N4O2/c1-9-23-14-7-4-11(8-13(14)15(24-9)18(19,20)21)17(27)25-12-5-2-10(3-6-12)16(22)26/h2-3,5-6,11H,4,7-8H2,1H3,(H2,22,26)(H,25,27). The molecule has 0 saturated carbocycles. The number of carbonyl (C=O) groups excluding carboxylic acids is 2. The Morgan fingerprint density at radius 3 is 2.44 bits per heavy atom. The highest BCUT2D eigenvalue weighted by molar-refractivity contribution is 5.95. The van der Waals surface area contributed by atoms with E-state index in [1.165, 1.54) is 31.2 Å². The molecule has 1 aliphatic carbocycles. The number of halogens is 3. The zero-order chi connectivity index (χ0) is 19.8. The minimum atomic E-state index is -4.60. The molecule has 1 heterocycles. The average molecular weight is 378 g/mol. The molecule has 9 heteroatoms. The van der Waals surface area contributed by atoms with Gasteiger partial charge in [0.15, 0.2) is 5.69 Å². The Bertz CT molecular complexity index is 895. The highest BCUT2D eigenvalue weighted by atomic mass is 19.4. The van der Waals surface area contributed by atoms with Gasteiger partial charge in [0.1, 0.15) is 5.82 Å². The number of aromatic nitrogens is 2. The number of anilines is 1. The number of nitrogens with one attached hydrogen (secondary N) is 1. The minimum Gasteiger partial charge on any atom is -0.366 e. The predicted octanol–water partition coefficient (Wildman–Crippen LogP) is 2.65. The van der Waals surface area contributed by atoms with Crippen LogP contribution in [0.25, 0.3) is 0 Å². The van der Waals surface area contributed by atoms with Crippen molar-refractivity contribution in [3.8, 4) is 0 Å². The molecule has 1 aliphatic rings. The van der Waals surface area contributed by atoms with E-state index in [9.17, 15) is 22.8 Å². The highest BCUT2D eigenvalue weighted by Crippen LogP contribution is 2.36. The Labute approximate surface area is 153 Å². The van der Waals surface area contributed by atoms with Crippen molar-refractivity contribution in [3.05, 3.63) is 52.6 Å². The van der Waals surface area contributed by atoms with E-state index in [0.29, 0.717) is 23.4 Å². The van der Waals surface area contributed by atoms with Gasteiger partial charge in [0.2, 0.25) is 11.8 Å². The molecule has 0 bridgehead atoms. The monoisotopic (exact) mass is 378 g/mol. The van der Waals surface area contributed by atoms with Gasteiger partial charge >= 0.3 is 6.18 Å². The van der Waals surface area contributed by atoms with Gasteiger partial charge in [-0.25, -0.2) is 9.97 Å². The quantitative estimate of drug-likeness (QED) is 0.858. The average Bonchev–Trinajstić information content (AvgIpc) is 2.60. The zero-order valence-corrected chi connectivity index (χ0v) is 14.4. The summed E-state index contributed by atoms with van der Waals surface area (Å²) in [4.78, 5) is 31.2. The largest absolute Gasteiger partial charge is 0.433 e. The SMILES string of the molecule is Cc1nc2c(c(C(F)(F)F)n1)CC(C(=O)Nc1ccc(C(N)=O)cc1)CC2. The lowest BCUT2D eigenvalue weighted by molar-refractivity contribution is -0.142. The number of fused-ring (bicyclic) bond motifs is 1. The van der Waals surface area contributed by atoms with Crippen LogP contribution in [-0.2, 0) is 23.8 Å². The van der Waals surface area contributed by atoms with Gasteiger partial charge < -0.3 is 11.1 Å². The lowest BCUT2D eigenvalue weighted by atomic mass is 9.85. The normalized spacial score (nSPS) is 16.5. The van der Waals surface area contributed by atoms with Crippen molar-refractivity contribution in [2.75, 3.05) is 5.32 Å². The second kappa shape index (κ2) is 6.98. The van der Waals surface area contributed by atoms with E-state index in [1.807, 2.05) is 0 Å². The van der Waals surface area contributed by atoms with Crippen LogP contribution in [0.3, 0.4) is 0 Å². The number of aryl methyl sites for hydroxylation is 2. The van der Waals surface area contributed by atoms with Gasteiger partial charge in [-0.3, -0.25) is 9.59 Å². The first-order valence-corrected chi connectivity index (χ1v) is 8.29. The van der Waals surface area contributed by atoms with Crippen LogP contribution in [0.1, 0.15) is 39.6 Å². The molecule has 142 valence electrons. The predicted molar refractivity (Wildman–Crippen MR) is 90.9 cm³/mol. The van der Waals surface area contributed by atoms with Crippen LogP contribution < -0.4 is 11.1 Å². The Balaban J connectivity index is 1.79. The molecule has 2 amide bonds. The van der Waals surface area contributed by atoms with Crippen LogP contribution >= 0.6 is 0 Å². The van der Waals surface area contributed by atoms with Gasteiger partial charge in [0.25, 0.3) is 0 Å². The van der Waals surface area contributed by atoms with E-state index in [4.69, 9.17) is 5.73 Å². The number of nitrogens with zero attached hydrogens (tertiary/aromatic N) is 2. The van der Waals surface area contributed by atoms with Crippen molar-refractivity contribution in [1.82, 2.24) is 9.97 Å². The molecule has 1 aromatic carbocycles. The van der Waals surface area contributed by atoms with Crippen LogP contribution in [0.5, 0.6) is 0 Å². The summed E-state index contributed by atoms with van der Waals surface area (Å²) in [5.74, 6) is -1.54. The molecule has 3 N–H and O–H groups in total. The van der Waals surface area contributed by atoms with Crippen molar-refractivity contribution in [2.24, 2.45) is 11.7 Å². The molecule has 3 rings (SSSR count). The first kappa shape index (κ1) is 18.8. The molecule has 1 unspecified atom stereocenters. The van der Waals surface area contributed by atoms with E-state index in [2.05, 4.69) is 15.3 Å². The fourth-order valence-electron chi connectivity index (χ4n) is 3.15. The first-order valence-electron chi connectivity index (χ1n) is 8.29. The molecular formula is C18H17F3N4O2. The number of rotatable bonds is 3. The third kappa shape index (κ3) is 4.07. The van der Waals surface area contributed by atoms with E-state index < -0.39 is 23.7 Å². The van der Waals surface area contributed by atoms with Crippen molar-refractivity contribution in [3.63, 3.8) is 0 Å². The summed E-state index contributed by atoms with van der Waals surface area (Å²) in [5, 5.41) is 2.67. The maximum Gasteiger partial charge on any atom is 0.433 e. The Morgan fingerprint density at radius 2 is 1.85 bits per heavy atom. The van der Waals surface area contributed by atoms with Crippen molar-refractivity contribution >= 4 is 17.5 Å². The third-order valence-corrected chi connectivity index (χ3v) is 4.46. The smallest absolute Gasteiger partial charge is 0.366 e. The molecular weight excluding hydrogens is 361 g/mol. The van der Waals surface area contributed by atoms with Crippen LogP contribution in [0.4, 0.5) is 18.9 Å². The maximum atomic E-state index is 13.3. The van der Waals surface area contributed by atoms with Crippen molar-refractivity contribution in [1.29, 1.82) is 0 Å². The first-order chi connectivity index (χ1) is 12.6. The molecule has 1 atom stereocenters. The van der Waals surface area contributed by atoms with Crippen LogP contribution in [0.15, 0.2) is 24.3 Å². The Kier molecular flexibility index (Phi) is 4.86. The molecule has 6 nitrogen and oxygen atoms in total. The lowest BCUT2D eigenvalue weighted by Crippen LogP contribution is -2.31. The highest BCUT2D eigenvalue weighted by Gasteiger charge is 2.39. The van der Waals surface area contributed by atoms with Gasteiger partial charge in [0, 0.05) is 28.4 Å². The molecule has 0 aliphatic heterocycles. The van der Waals surface area contributed by atoms with E-state index >= 15 is 0 Å². The second-order valence-electron chi connectivity index (χ2n) is 6.41. The number of hydrogen-bond acceptors (Lipinski definition) is 4. The fraction of sp³-hybridized carbons (Fsp3) is 0.333. The lowest BCUT2D eigenvalue weighted by Gasteiger charge is -2.25. The number of carbonyl (C=O) groups is 2. The van der Waals surface area contributed by atoms with Gasteiger partial charge in [-0.05, 0) is 50.5 Å². The molecule has 1 aromatic heterocycles. The molecule has 0 saturated heterocycles. The molecule has 2 aromatic rings. The maximum absolute atomic E-state index is 13.3. The number of nitrogens with two attached hydrogens (primary N) is 1. The summed E-state index contributed by atoms with van der Waals surface area (Å²) in [5.41, 5.74) is 5.26. The molecule has 0 fully saturated rings. The summed E-state index contributed by atoms with van der Waals surface area (Å²) in [6.45, 7) is 1.42. The fourth-order valence-corrected chi connectivity index (χ4v) is 3.15. The number of alkyl halides is 3. The summed E-state index contributed by atoms with van der Waals surface area (Å²) in [6, 6.07) is 5.96. The van der Waals surface area contributed by atoms with Crippen LogP contribution in [0, 0.1) is 12.8 Å². The number of hydrogen-bond donors (Lipinski definition) is 2. The number of benzene rings is 1. The number of amides is 2. The van der Waals surface area contributed by atoms with Gasteiger partial charge in [-0.2, -0.15) is 13.2 Å². The zero-order valence-electron chi connectivity index (χ0n) is 14.4. The molecule has 0 radical (unpaired) electrons. The van der Waals surface area contributed by atoms with Crippen molar-refractivity contribution < 1.29 is 22.8 Å². The molecule has 0 spiro atoms. The summed E-state index contributed by atoms with van der Waals surface area (Å²) >= 11 is 0. The molecule has 27 heavy (non-hydrogen) atoms. The van der Waals surface area contributed by atoms with Gasteiger partial charge in [-0.1, -0.05) is 0 Å². The second-order valence-corrected chi connectivity index (χ2v) is 6.41. The summed E-state index contributed by atoms with van der Waals surface area (Å²) in [7, 11) is 0. The van der Waals surface area contributed by atoms with Gasteiger partial charge in [0.05, 0.1) is 0 Å². The third-order valence-electron chi connectivity index (χ3n) is 4.46. The van der Waals surface area contributed by atoms with E-state index in [-0.39, 0.29) is 30.1 Å². The Hall–Kier alpha value is -2.97. The van der Waals surface area contributed by atoms with E-state index in [1.54, 1.807) is 0 Å². The number of primary amides is 1. The van der Waals surface area contributed by atoms with Gasteiger partial charge in [-0.15, -0.1) is 0 Å². The minimum absolute atomic E-state index is 0.0106. The van der Waals surface area contributed by atoms with Crippen LogP contribution in [0.2, 0.25) is 0 Å².